The molecule has 1 saturated heterocycles. The van der Waals surface area contributed by atoms with E-state index in [-0.39, 0.29) is 5.91 Å². The van der Waals surface area contributed by atoms with E-state index >= 15 is 0 Å². The Labute approximate surface area is 183 Å². The van der Waals surface area contributed by atoms with Crippen molar-refractivity contribution in [3.05, 3.63) is 90.0 Å². The normalized spacial score (nSPS) is 18.6. The van der Waals surface area contributed by atoms with Crippen LogP contribution in [0.3, 0.4) is 0 Å². The van der Waals surface area contributed by atoms with Crippen molar-refractivity contribution in [1.82, 2.24) is 19.8 Å². The number of hydrogen-bond acceptors (Lipinski definition) is 5. The summed E-state index contributed by atoms with van der Waals surface area (Å²) in [7, 11) is 3.63. The highest BCUT2D eigenvalue weighted by Crippen LogP contribution is 2.41. The average molecular weight is 417 g/mol. The third-order valence-corrected chi connectivity index (χ3v) is 5.79. The van der Waals surface area contributed by atoms with E-state index in [0.29, 0.717) is 13.2 Å². The summed E-state index contributed by atoms with van der Waals surface area (Å²) in [5.41, 5.74) is 1.97. The minimum absolute atomic E-state index is 0.0654. The molecule has 0 saturated carbocycles. The van der Waals surface area contributed by atoms with Gasteiger partial charge in [-0.25, -0.2) is 0 Å². The second-order valence-corrected chi connectivity index (χ2v) is 8.02. The summed E-state index contributed by atoms with van der Waals surface area (Å²) in [5, 5.41) is 0. The average Bonchev–Trinajstić information content (AvgIpc) is 3.23. The molecule has 31 heavy (non-hydrogen) atoms. The molecule has 0 bridgehead atoms. The molecule has 1 amide bonds. The van der Waals surface area contributed by atoms with Gasteiger partial charge in [-0.15, -0.1) is 0 Å². The number of amides is 1. The molecule has 6 nitrogen and oxygen atoms in total. The Balaban J connectivity index is 1.63. The van der Waals surface area contributed by atoms with Gasteiger partial charge in [-0.2, -0.15) is 0 Å². The van der Waals surface area contributed by atoms with E-state index in [9.17, 15) is 4.79 Å². The number of pyridine rings is 2. The van der Waals surface area contributed by atoms with Gasteiger partial charge in [0.25, 0.3) is 0 Å². The number of carbonyl (C=O) groups is 1. The second kappa shape index (κ2) is 9.27. The number of likely N-dealkylation sites (tertiary alicyclic amines) is 1. The van der Waals surface area contributed by atoms with Crippen molar-refractivity contribution in [2.24, 2.45) is 0 Å². The number of para-hydroxylation sites is 1. The minimum atomic E-state index is -0.765. The topological polar surface area (TPSA) is 58.6 Å². The Bertz CT molecular complexity index is 1010. The van der Waals surface area contributed by atoms with E-state index < -0.39 is 5.54 Å². The van der Waals surface area contributed by atoms with E-state index in [1.165, 1.54) is 0 Å². The smallest absolute Gasteiger partial charge is 0.248 e. The maximum Gasteiger partial charge on any atom is 0.248 e. The Morgan fingerprint density at radius 3 is 2.48 bits per heavy atom. The SMILES string of the molecule is CN(C)C(=O)[C@@]1(c2ccccn2)CCCN1Cc1ccccc1OCc1ccccn1. The zero-order chi connectivity index (χ0) is 21.7. The fraction of sp³-hybridized carbons (Fsp3) is 0.320. The van der Waals surface area contributed by atoms with Gasteiger partial charge in [0.2, 0.25) is 5.91 Å². The maximum absolute atomic E-state index is 13.5. The van der Waals surface area contributed by atoms with Gasteiger partial charge in [-0.1, -0.05) is 30.3 Å². The zero-order valence-corrected chi connectivity index (χ0v) is 18.1. The fourth-order valence-electron chi connectivity index (χ4n) is 4.32. The summed E-state index contributed by atoms with van der Waals surface area (Å²) in [6, 6.07) is 19.6. The number of nitrogens with zero attached hydrogens (tertiary/aromatic N) is 4. The summed E-state index contributed by atoms with van der Waals surface area (Å²) in [4.78, 5) is 26.3. The van der Waals surface area contributed by atoms with E-state index in [1.54, 1.807) is 17.3 Å². The van der Waals surface area contributed by atoms with Crippen LogP contribution in [0.15, 0.2) is 73.1 Å². The monoisotopic (exact) mass is 416 g/mol. The van der Waals surface area contributed by atoms with Crippen LogP contribution in [0.2, 0.25) is 0 Å². The zero-order valence-electron chi connectivity index (χ0n) is 18.1. The standard InChI is InChI=1S/C25H28N4O2/c1-28(2)24(30)25(23-13-6-8-16-27-23)14-9-17-29(25)18-20-10-3-4-12-22(20)31-19-21-11-5-7-15-26-21/h3-8,10-13,15-16H,9,14,17-19H2,1-2H3/t25-/m0/s1. The molecule has 1 aliphatic rings. The predicted molar refractivity (Wildman–Crippen MR) is 119 cm³/mol. The van der Waals surface area contributed by atoms with E-state index in [4.69, 9.17) is 4.74 Å². The van der Waals surface area contributed by atoms with Crippen LogP contribution >= 0.6 is 0 Å². The van der Waals surface area contributed by atoms with Crippen molar-refractivity contribution in [2.75, 3.05) is 20.6 Å². The number of benzene rings is 1. The van der Waals surface area contributed by atoms with Gasteiger partial charge in [-0.05, 0) is 49.7 Å². The van der Waals surface area contributed by atoms with Crippen molar-refractivity contribution in [3.8, 4) is 5.75 Å². The van der Waals surface area contributed by atoms with Crippen molar-refractivity contribution < 1.29 is 9.53 Å². The molecule has 3 aromatic rings. The Hall–Kier alpha value is -3.25. The molecule has 0 aliphatic carbocycles. The van der Waals surface area contributed by atoms with E-state index in [0.717, 1.165) is 42.1 Å². The summed E-state index contributed by atoms with van der Waals surface area (Å²) < 4.78 is 6.12. The van der Waals surface area contributed by atoms with Gasteiger partial charge in [0, 0.05) is 38.6 Å². The molecule has 0 unspecified atom stereocenters. The first kappa shape index (κ1) is 21.0. The molecule has 160 valence electrons. The van der Waals surface area contributed by atoms with Gasteiger partial charge in [-0.3, -0.25) is 19.7 Å². The first-order valence-corrected chi connectivity index (χ1v) is 10.6. The second-order valence-electron chi connectivity index (χ2n) is 8.02. The number of rotatable bonds is 7. The van der Waals surface area contributed by atoms with Crippen LogP contribution in [0.1, 0.15) is 29.8 Å². The summed E-state index contributed by atoms with van der Waals surface area (Å²) in [6.45, 7) is 1.83. The van der Waals surface area contributed by atoms with Gasteiger partial charge in [0.15, 0.2) is 0 Å². The predicted octanol–water partition coefficient (Wildman–Crippen LogP) is 3.64. The fourth-order valence-corrected chi connectivity index (χ4v) is 4.32. The van der Waals surface area contributed by atoms with Gasteiger partial charge in [0.1, 0.15) is 17.9 Å². The first-order chi connectivity index (χ1) is 15.1. The van der Waals surface area contributed by atoms with Crippen LogP contribution in [-0.4, -0.2) is 46.3 Å². The molecule has 4 rings (SSSR count). The van der Waals surface area contributed by atoms with Crippen molar-refractivity contribution in [3.63, 3.8) is 0 Å². The van der Waals surface area contributed by atoms with Crippen LogP contribution in [-0.2, 0) is 23.5 Å². The largest absolute Gasteiger partial charge is 0.487 e. The highest BCUT2D eigenvalue weighted by atomic mass is 16.5. The summed E-state index contributed by atoms with van der Waals surface area (Å²) in [5.74, 6) is 0.878. The van der Waals surface area contributed by atoms with Crippen LogP contribution in [0.25, 0.3) is 0 Å². The third-order valence-electron chi connectivity index (χ3n) is 5.79. The molecule has 0 N–H and O–H groups in total. The van der Waals surface area contributed by atoms with E-state index in [2.05, 4.69) is 20.9 Å². The molecule has 3 heterocycles. The van der Waals surface area contributed by atoms with Crippen LogP contribution in [0.4, 0.5) is 0 Å². The lowest BCUT2D eigenvalue weighted by Gasteiger charge is -2.38. The third kappa shape index (κ3) is 4.30. The number of carbonyl (C=O) groups excluding carboxylic acids is 1. The lowest BCUT2D eigenvalue weighted by atomic mass is 9.89. The minimum Gasteiger partial charge on any atom is -0.487 e. The molecular weight excluding hydrogens is 388 g/mol. The first-order valence-electron chi connectivity index (χ1n) is 10.6. The Morgan fingerprint density at radius 1 is 1.03 bits per heavy atom. The van der Waals surface area contributed by atoms with Gasteiger partial charge >= 0.3 is 0 Å². The lowest BCUT2D eigenvalue weighted by Crippen LogP contribution is -2.52. The molecule has 6 heteroatoms. The number of hydrogen-bond donors (Lipinski definition) is 0. The molecular formula is C25H28N4O2. The Morgan fingerprint density at radius 2 is 1.77 bits per heavy atom. The molecule has 1 atom stereocenters. The molecule has 0 radical (unpaired) electrons. The summed E-state index contributed by atoms with van der Waals surface area (Å²) >= 11 is 0. The number of aromatic nitrogens is 2. The van der Waals surface area contributed by atoms with Crippen LogP contribution in [0.5, 0.6) is 5.75 Å². The van der Waals surface area contributed by atoms with Crippen molar-refractivity contribution in [1.29, 1.82) is 0 Å². The van der Waals surface area contributed by atoms with Crippen molar-refractivity contribution >= 4 is 5.91 Å². The number of ether oxygens (including phenoxy) is 1. The summed E-state index contributed by atoms with van der Waals surface area (Å²) in [6.07, 6.45) is 5.22. The highest BCUT2D eigenvalue weighted by Gasteiger charge is 2.50. The van der Waals surface area contributed by atoms with Crippen LogP contribution < -0.4 is 4.74 Å². The molecule has 1 aliphatic heterocycles. The molecule has 1 fully saturated rings. The van der Waals surface area contributed by atoms with Gasteiger partial charge < -0.3 is 9.64 Å². The van der Waals surface area contributed by atoms with Crippen LogP contribution in [0, 0.1) is 0 Å². The van der Waals surface area contributed by atoms with E-state index in [1.807, 2.05) is 68.7 Å². The Kier molecular flexibility index (Phi) is 6.28. The number of likely N-dealkylation sites (N-methyl/N-ethyl adjacent to an activating group) is 1. The highest BCUT2D eigenvalue weighted by molar-refractivity contribution is 5.87. The molecule has 1 aromatic carbocycles. The lowest BCUT2D eigenvalue weighted by molar-refractivity contribution is -0.141. The van der Waals surface area contributed by atoms with Gasteiger partial charge in [0.05, 0.1) is 11.4 Å². The molecule has 2 aromatic heterocycles. The quantitative estimate of drug-likeness (QED) is 0.589. The maximum atomic E-state index is 13.5. The van der Waals surface area contributed by atoms with Crippen molar-refractivity contribution in [2.45, 2.75) is 31.5 Å². The molecule has 0 spiro atoms.